The van der Waals surface area contributed by atoms with E-state index in [0.717, 1.165) is 27.4 Å². The van der Waals surface area contributed by atoms with Crippen LogP contribution in [0.3, 0.4) is 0 Å². The Labute approximate surface area is 130 Å². The molecule has 0 radical (unpaired) electrons. The average Bonchev–Trinajstić information content (AvgIpc) is 2.48. The predicted octanol–water partition coefficient (Wildman–Crippen LogP) is 3.93. The van der Waals surface area contributed by atoms with E-state index in [-0.39, 0.29) is 5.91 Å². The highest BCUT2D eigenvalue weighted by Gasteiger charge is 2.06. The van der Waals surface area contributed by atoms with E-state index >= 15 is 0 Å². The van der Waals surface area contributed by atoms with Crippen molar-refractivity contribution in [1.29, 1.82) is 0 Å². The zero-order valence-electron chi connectivity index (χ0n) is 12.5. The number of carbonyl (C=O) groups excluding carboxylic acids is 1. The van der Waals surface area contributed by atoms with E-state index in [0.29, 0.717) is 12.1 Å². The van der Waals surface area contributed by atoms with Crippen LogP contribution in [0, 0.1) is 13.8 Å². The monoisotopic (exact) mass is 302 g/mol. The summed E-state index contributed by atoms with van der Waals surface area (Å²) in [7, 11) is 1.63. The fourth-order valence-corrected chi connectivity index (χ4v) is 2.29. The van der Waals surface area contributed by atoms with Crippen molar-refractivity contribution in [2.75, 3.05) is 12.4 Å². The first-order chi connectivity index (χ1) is 10.0. The van der Waals surface area contributed by atoms with Crippen LogP contribution in [0.1, 0.15) is 27.0 Å². The van der Waals surface area contributed by atoms with Crippen LogP contribution < -0.4 is 10.6 Å². The van der Waals surface area contributed by atoms with Crippen molar-refractivity contribution in [1.82, 2.24) is 5.32 Å². The van der Waals surface area contributed by atoms with Crippen molar-refractivity contribution in [3.8, 4) is 0 Å². The number of nitrogens with one attached hydrogen (secondary N) is 2. The lowest BCUT2D eigenvalue weighted by atomic mass is 10.1. The summed E-state index contributed by atoms with van der Waals surface area (Å²) >= 11 is 6.13. The van der Waals surface area contributed by atoms with Gasteiger partial charge in [-0.3, -0.25) is 4.79 Å². The van der Waals surface area contributed by atoms with Crippen molar-refractivity contribution in [2.24, 2.45) is 0 Å². The largest absolute Gasteiger partial charge is 0.381 e. The van der Waals surface area contributed by atoms with Gasteiger partial charge in [0.1, 0.15) is 0 Å². The molecule has 2 rings (SSSR count). The molecule has 1 amide bonds. The predicted molar refractivity (Wildman–Crippen MR) is 88.1 cm³/mol. The van der Waals surface area contributed by atoms with Crippen LogP contribution in [0.5, 0.6) is 0 Å². The first kappa shape index (κ1) is 15.4. The van der Waals surface area contributed by atoms with Gasteiger partial charge in [-0.15, -0.1) is 0 Å². The van der Waals surface area contributed by atoms with Crippen LogP contribution in [0.2, 0.25) is 5.02 Å². The van der Waals surface area contributed by atoms with Gasteiger partial charge in [-0.25, -0.2) is 0 Å². The topological polar surface area (TPSA) is 41.1 Å². The minimum atomic E-state index is -0.0741. The van der Waals surface area contributed by atoms with Gasteiger partial charge in [0.05, 0.1) is 0 Å². The maximum absolute atomic E-state index is 11.6. The standard InChI is InChI=1S/C17H19ClN2O/c1-11-4-5-13(9-15(11)18)10-20-16-7-6-14(8-12(16)2)17(21)19-3/h4-9,20H,10H2,1-3H3,(H,19,21). The zero-order valence-corrected chi connectivity index (χ0v) is 13.2. The zero-order chi connectivity index (χ0) is 15.4. The second kappa shape index (κ2) is 6.64. The molecule has 2 aromatic carbocycles. The molecule has 2 aromatic rings. The third kappa shape index (κ3) is 3.76. The third-order valence-electron chi connectivity index (χ3n) is 3.43. The molecule has 0 heterocycles. The number of hydrogen-bond donors (Lipinski definition) is 2. The van der Waals surface area contributed by atoms with Crippen LogP contribution in [-0.4, -0.2) is 13.0 Å². The second-order valence-electron chi connectivity index (χ2n) is 5.05. The lowest BCUT2D eigenvalue weighted by Crippen LogP contribution is -2.17. The van der Waals surface area contributed by atoms with Crippen molar-refractivity contribution in [2.45, 2.75) is 20.4 Å². The number of anilines is 1. The van der Waals surface area contributed by atoms with Gasteiger partial charge in [0.15, 0.2) is 0 Å². The molecule has 2 N–H and O–H groups in total. The number of amides is 1. The molecule has 110 valence electrons. The lowest BCUT2D eigenvalue weighted by molar-refractivity contribution is 0.0963. The van der Waals surface area contributed by atoms with E-state index in [1.165, 1.54) is 0 Å². The van der Waals surface area contributed by atoms with Gasteiger partial charge < -0.3 is 10.6 Å². The number of rotatable bonds is 4. The Morgan fingerprint density at radius 1 is 1.10 bits per heavy atom. The average molecular weight is 303 g/mol. The number of benzene rings is 2. The fourth-order valence-electron chi connectivity index (χ4n) is 2.09. The molecule has 0 saturated heterocycles. The summed E-state index contributed by atoms with van der Waals surface area (Å²) in [6, 6.07) is 11.7. The van der Waals surface area contributed by atoms with E-state index < -0.39 is 0 Å². The molecule has 4 heteroatoms. The molecule has 0 aliphatic carbocycles. The van der Waals surface area contributed by atoms with Gasteiger partial charge in [-0.2, -0.15) is 0 Å². The van der Waals surface area contributed by atoms with E-state index in [4.69, 9.17) is 11.6 Å². The van der Waals surface area contributed by atoms with Gasteiger partial charge in [0.25, 0.3) is 5.91 Å². The molecule has 0 unspecified atom stereocenters. The molecule has 0 atom stereocenters. The summed E-state index contributed by atoms with van der Waals surface area (Å²) in [6.07, 6.45) is 0. The smallest absolute Gasteiger partial charge is 0.251 e. The maximum Gasteiger partial charge on any atom is 0.251 e. The van der Waals surface area contributed by atoms with Gasteiger partial charge in [0.2, 0.25) is 0 Å². The number of halogens is 1. The van der Waals surface area contributed by atoms with E-state index in [1.54, 1.807) is 7.05 Å². The molecule has 0 aliphatic heterocycles. The molecule has 21 heavy (non-hydrogen) atoms. The highest BCUT2D eigenvalue weighted by molar-refractivity contribution is 6.31. The molecule has 0 aromatic heterocycles. The van der Waals surface area contributed by atoms with Gasteiger partial charge in [-0.05, 0) is 54.8 Å². The van der Waals surface area contributed by atoms with E-state index in [1.807, 2.05) is 44.2 Å². The Morgan fingerprint density at radius 3 is 2.48 bits per heavy atom. The van der Waals surface area contributed by atoms with Crippen LogP contribution in [0.4, 0.5) is 5.69 Å². The van der Waals surface area contributed by atoms with E-state index in [9.17, 15) is 4.79 Å². The van der Waals surface area contributed by atoms with Crippen molar-refractivity contribution >= 4 is 23.2 Å². The third-order valence-corrected chi connectivity index (χ3v) is 3.84. The van der Waals surface area contributed by atoms with Crippen LogP contribution in [0.25, 0.3) is 0 Å². The van der Waals surface area contributed by atoms with Crippen molar-refractivity contribution in [3.63, 3.8) is 0 Å². The number of hydrogen-bond acceptors (Lipinski definition) is 2. The molecule has 3 nitrogen and oxygen atoms in total. The Kier molecular flexibility index (Phi) is 4.86. The van der Waals surface area contributed by atoms with Crippen LogP contribution in [0.15, 0.2) is 36.4 Å². The molecule has 0 spiro atoms. The Morgan fingerprint density at radius 2 is 1.86 bits per heavy atom. The SMILES string of the molecule is CNC(=O)c1ccc(NCc2ccc(C)c(Cl)c2)c(C)c1. The molecular weight excluding hydrogens is 284 g/mol. The maximum atomic E-state index is 11.6. The molecule has 0 aliphatic rings. The Hall–Kier alpha value is -2.00. The summed E-state index contributed by atoms with van der Waals surface area (Å²) in [6.45, 7) is 4.66. The first-order valence-corrected chi connectivity index (χ1v) is 7.20. The fraction of sp³-hybridized carbons (Fsp3) is 0.235. The number of carbonyl (C=O) groups is 1. The molecule has 0 saturated carbocycles. The second-order valence-corrected chi connectivity index (χ2v) is 5.45. The van der Waals surface area contributed by atoms with E-state index in [2.05, 4.69) is 16.7 Å². The van der Waals surface area contributed by atoms with Crippen molar-refractivity contribution in [3.05, 3.63) is 63.7 Å². The van der Waals surface area contributed by atoms with Crippen molar-refractivity contribution < 1.29 is 4.79 Å². The van der Waals surface area contributed by atoms with Gasteiger partial charge in [0, 0.05) is 29.9 Å². The normalized spacial score (nSPS) is 10.3. The van der Waals surface area contributed by atoms with Crippen LogP contribution in [-0.2, 0) is 6.54 Å². The highest BCUT2D eigenvalue weighted by Crippen LogP contribution is 2.20. The Bertz CT molecular complexity index is 668. The molecule has 0 bridgehead atoms. The summed E-state index contributed by atoms with van der Waals surface area (Å²) in [5.41, 5.74) is 4.92. The summed E-state index contributed by atoms with van der Waals surface area (Å²) in [5, 5.41) is 6.77. The summed E-state index contributed by atoms with van der Waals surface area (Å²) in [4.78, 5) is 11.6. The van der Waals surface area contributed by atoms with Crippen LogP contribution >= 0.6 is 11.6 Å². The minimum absolute atomic E-state index is 0.0741. The number of aryl methyl sites for hydroxylation is 2. The quantitative estimate of drug-likeness (QED) is 0.898. The molecule has 0 fully saturated rings. The molecular formula is C17H19ClN2O. The first-order valence-electron chi connectivity index (χ1n) is 6.83. The lowest BCUT2D eigenvalue weighted by Gasteiger charge is -2.11. The minimum Gasteiger partial charge on any atom is -0.381 e. The van der Waals surface area contributed by atoms with Gasteiger partial charge >= 0.3 is 0 Å². The summed E-state index contributed by atoms with van der Waals surface area (Å²) < 4.78 is 0. The van der Waals surface area contributed by atoms with Gasteiger partial charge in [-0.1, -0.05) is 23.7 Å². The summed E-state index contributed by atoms with van der Waals surface area (Å²) in [5.74, 6) is -0.0741. The Balaban J connectivity index is 2.09. The highest BCUT2D eigenvalue weighted by atomic mass is 35.5.